The smallest absolute Gasteiger partial charge is 0.255 e. The van der Waals surface area contributed by atoms with Crippen LogP contribution in [0.4, 0.5) is 5.69 Å². The average molecular weight is 449 g/mol. The van der Waals surface area contributed by atoms with Crippen molar-refractivity contribution in [1.82, 2.24) is 14.5 Å². The minimum Gasteiger partial charge on any atom is -0.322 e. The monoisotopic (exact) mass is 448 g/mol. The summed E-state index contributed by atoms with van der Waals surface area (Å²) in [5.74, 6) is 0.680. The van der Waals surface area contributed by atoms with Crippen LogP contribution in [0.5, 0.6) is 0 Å². The molecule has 0 atom stereocenters. The van der Waals surface area contributed by atoms with Crippen LogP contribution in [0.1, 0.15) is 29.3 Å². The first-order valence-corrected chi connectivity index (χ1v) is 10.4. The second-order valence-electron chi connectivity index (χ2n) is 6.93. The first-order chi connectivity index (χ1) is 14.1. The number of hydrogen-bond acceptors (Lipinski definition) is 3. The van der Waals surface area contributed by atoms with Crippen LogP contribution in [0, 0.1) is 6.92 Å². The summed E-state index contributed by atoms with van der Waals surface area (Å²) in [5, 5.41) is 2.97. The lowest BCUT2D eigenvalue weighted by molar-refractivity contribution is 0.102. The SMILES string of the molecule is CCCn1c(-c2cccc(C(=O)Nc3ccc(Br)c(C)c3)c2)nc2cccnc21. The molecule has 4 aromatic rings. The molecular formula is C23H21BrN4O. The number of aromatic nitrogens is 3. The Balaban J connectivity index is 1.68. The Hall–Kier alpha value is -2.99. The molecule has 0 saturated heterocycles. The molecule has 29 heavy (non-hydrogen) atoms. The lowest BCUT2D eigenvalue weighted by Crippen LogP contribution is -2.12. The van der Waals surface area contributed by atoms with Crippen molar-refractivity contribution < 1.29 is 4.79 Å². The molecule has 2 aromatic heterocycles. The van der Waals surface area contributed by atoms with Crippen LogP contribution in [-0.2, 0) is 6.54 Å². The highest BCUT2D eigenvalue weighted by Gasteiger charge is 2.15. The lowest BCUT2D eigenvalue weighted by atomic mass is 10.1. The maximum Gasteiger partial charge on any atom is 0.255 e. The number of fused-ring (bicyclic) bond motifs is 1. The zero-order valence-electron chi connectivity index (χ0n) is 16.3. The van der Waals surface area contributed by atoms with Gasteiger partial charge in [-0.3, -0.25) is 4.79 Å². The van der Waals surface area contributed by atoms with Gasteiger partial charge in [0.2, 0.25) is 0 Å². The Labute approximate surface area is 177 Å². The average Bonchev–Trinajstić information content (AvgIpc) is 3.10. The van der Waals surface area contributed by atoms with Gasteiger partial charge in [0.15, 0.2) is 5.65 Å². The number of halogens is 1. The third-order valence-corrected chi connectivity index (χ3v) is 5.64. The van der Waals surface area contributed by atoms with Crippen molar-refractivity contribution in [3.63, 3.8) is 0 Å². The van der Waals surface area contributed by atoms with Gasteiger partial charge in [0.05, 0.1) is 0 Å². The fraction of sp³-hybridized carbons (Fsp3) is 0.174. The highest BCUT2D eigenvalue weighted by Crippen LogP contribution is 2.25. The number of benzene rings is 2. The maximum absolute atomic E-state index is 12.8. The number of imidazole rings is 1. The zero-order chi connectivity index (χ0) is 20.4. The number of carbonyl (C=O) groups excluding carboxylic acids is 1. The van der Waals surface area contributed by atoms with Crippen molar-refractivity contribution in [3.05, 3.63) is 76.4 Å². The molecule has 0 aliphatic carbocycles. The van der Waals surface area contributed by atoms with Crippen molar-refractivity contribution in [3.8, 4) is 11.4 Å². The van der Waals surface area contributed by atoms with E-state index in [4.69, 9.17) is 4.98 Å². The fourth-order valence-electron chi connectivity index (χ4n) is 3.34. The summed E-state index contributed by atoms with van der Waals surface area (Å²) in [6.07, 6.45) is 2.75. The number of aryl methyl sites for hydroxylation is 2. The molecule has 2 aromatic carbocycles. The molecule has 0 fully saturated rings. The number of hydrogen-bond donors (Lipinski definition) is 1. The summed E-state index contributed by atoms with van der Waals surface area (Å²) in [6, 6.07) is 17.2. The van der Waals surface area contributed by atoms with E-state index in [9.17, 15) is 4.79 Å². The van der Waals surface area contributed by atoms with E-state index >= 15 is 0 Å². The van der Waals surface area contributed by atoms with Crippen LogP contribution >= 0.6 is 15.9 Å². The van der Waals surface area contributed by atoms with Crippen LogP contribution in [0.3, 0.4) is 0 Å². The van der Waals surface area contributed by atoms with Gasteiger partial charge in [-0.2, -0.15) is 0 Å². The van der Waals surface area contributed by atoms with Gasteiger partial charge in [-0.1, -0.05) is 35.0 Å². The molecule has 2 heterocycles. The molecule has 0 bridgehead atoms. The van der Waals surface area contributed by atoms with E-state index in [1.807, 2.05) is 61.5 Å². The Morgan fingerprint density at radius 3 is 2.79 bits per heavy atom. The summed E-state index contributed by atoms with van der Waals surface area (Å²) in [4.78, 5) is 22.1. The molecule has 0 saturated carbocycles. The topological polar surface area (TPSA) is 59.8 Å². The molecule has 0 unspecified atom stereocenters. The molecule has 1 N–H and O–H groups in total. The molecule has 4 rings (SSSR count). The summed E-state index contributed by atoms with van der Waals surface area (Å²) in [6.45, 7) is 4.94. The first-order valence-electron chi connectivity index (χ1n) is 9.56. The van der Waals surface area contributed by atoms with Gasteiger partial charge >= 0.3 is 0 Å². The van der Waals surface area contributed by atoms with Gasteiger partial charge in [-0.15, -0.1) is 0 Å². The van der Waals surface area contributed by atoms with E-state index in [1.165, 1.54) is 0 Å². The predicted molar refractivity (Wildman–Crippen MR) is 120 cm³/mol. The summed E-state index contributed by atoms with van der Waals surface area (Å²) < 4.78 is 3.13. The van der Waals surface area contributed by atoms with E-state index in [-0.39, 0.29) is 5.91 Å². The Morgan fingerprint density at radius 1 is 1.14 bits per heavy atom. The van der Waals surface area contributed by atoms with Crippen molar-refractivity contribution >= 4 is 38.7 Å². The standard InChI is InChI=1S/C23H21BrN4O/c1-3-12-28-21(27-20-8-5-11-25-22(20)28)16-6-4-7-17(14-16)23(29)26-18-9-10-19(24)15(2)13-18/h4-11,13-14H,3,12H2,1-2H3,(H,26,29). The highest BCUT2D eigenvalue weighted by molar-refractivity contribution is 9.10. The minimum absolute atomic E-state index is 0.148. The summed E-state index contributed by atoms with van der Waals surface area (Å²) >= 11 is 3.48. The number of carbonyl (C=O) groups is 1. The van der Waals surface area contributed by atoms with Crippen LogP contribution in [-0.4, -0.2) is 20.4 Å². The van der Waals surface area contributed by atoms with Crippen molar-refractivity contribution in [2.45, 2.75) is 26.8 Å². The molecular weight excluding hydrogens is 428 g/mol. The molecule has 0 aliphatic rings. The minimum atomic E-state index is -0.148. The van der Waals surface area contributed by atoms with Gasteiger partial charge in [0, 0.05) is 34.0 Å². The molecule has 5 nitrogen and oxygen atoms in total. The lowest BCUT2D eigenvalue weighted by Gasteiger charge is -2.10. The molecule has 0 spiro atoms. The molecule has 6 heteroatoms. The number of nitrogens with one attached hydrogen (secondary N) is 1. The quantitative estimate of drug-likeness (QED) is 0.417. The van der Waals surface area contributed by atoms with Crippen LogP contribution < -0.4 is 5.32 Å². The Morgan fingerprint density at radius 2 is 2.00 bits per heavy atom. The van der Waals surface area contributed by atoms with Gasteiger partial charge in [0.1, 0.15) is 11.3 Å². The van der Waals surface area contributed by atoms with Crippen LogP contribution in [0.25, 0.3) is 22.6 Å². The Bertz CT molecular complexity index is 1200. The van der Waals surface area contributed by atoms with Crippen molar-refractivity contribution in [2.24, 2.45) is 0 Å². The molecule has 0 aliphatic heterocycles. The van der Waals surface area contributed by atoms with Gasteiger partial charge in [-0.25, -0.2) is 9.97 Å². The number of nitrogens with zero attached hydrogens (tertiary/aromatic N) is 3. The van der Waals surface area contributed by atoms with Gasteiger partial charge in [-0.05, 0) is 61.4 Å². The summed E-state index contributed by atoms with van der Waals surface area (Å²) in [5.41, 5.74) is 5.05. The normalized spacial score (nSPS) is 11.0. The molecule has 0 radical (unpaired) electrons. The second-order valence-corrected chi connectivity index (χ2v) is 7.79. The van der Waals surface area contributed by atoms with Crippen LogP contribution in [0.2, 0.25) is 0 Å². The largest absolute Gasteiger partial charge is 0.322 e. The van der Waals surface area contributed by atoms with E-state index in [0.717, 1.165) is 51.2 Å². The van der Waals surface area contributed by atoms with Crippen molar-refractivity contribution in [1.29, 1.82) is 0 Å². The first kappa shape index (κ1) is 19.3. The number of rotatable bonds is 5. The van der Waals surface area contributed by atoms with E-state index in [2.05, 4.69) is 37.7 Å². The maximum atomic E-state index is 12.8. The van der Waals surface area contributed by atoms with E-state index < -0.39 is 0 Å². The molecule has 1 amide bonds. The zero-order valence-corrected chi connectivity index (χ0v) is 17.9. The van der Waals surface area contributed by atoms with E-state index in [0.29, 0.717) is 5.56 Å². The number of amides is 1. The second kappa shape index (κ2) is 8.17. The van der Waals surface area contributed by atoms with Crippen molar-refractivity contribution in [2.75, 3.05) is 5.32 Å². The summed E-state index contributed by atoms with van der Waals surface area (Å²) in [7, 11) is 0. The van der Waals surface area contributed by atoms with Gasteiger partial charge in [0.25, 0.3) is 5.91 Å². The van der Waals surface area contributed by atoms with E-state index in [1.54, 1.807) is 6.20 Å². The number of pyridine rings is 1. The molecule has 146 valence electrons. The third-order valence-electron chi connectivity index (χ3n) is 4.75. The predicted octanol–water partition coefficient (Wildman–Crippen LogP) is 5.83. The fourth-order valence-corrected chi connectivity index (χ4v) is 3.59. The number of anilines is 1. The van der Waals surface area contributed by atoms with Crippen LogP contribution in [0.15, 0.2) is 65.3 Å². The third kappa shape index (κ3) is 3.93. The highest BCUT2D eigenvalue weighted by atomic mass is 79.9. The Kier molecular flexibility index (Phi) is 5.45. The van der Waals surface area contributed by atoms with Gasteiger partial charge < -0.3 is 9.88 Å².